The van der Waals surface area contributed by atoms with E-state index in [-0.39, 0.29) is 17.8 Å². The highest BCUT2D eigenvalue weighted by atomic mass is 16.6. The van der Waals surface area contributed by atoms with Gasteiger partial charge in [0.05, 0.1) is 5.69 Å². The maximum absolute atomic E-state index is 12.3. The molecule has 0 aromatic heterocycles. The van der Waals surface area contributed by atoms with E-state index in [1.807, 2.05) is 52.8 Å². The summed E-state index contributed by atoms with van der Waals surface area (Å²) in [6.45, 7) is 9.90. The van der Waals surface area contributed by atoms with Crippen LogP contribution in [0.25, 0.3) is 0 Å². The van der Waals surface area contributed by atoms with E-state index in [0.717, 1.165) is 17.7 Å². The molecule has 0 spiro atoms. The van der Waals surface area contributed by atoms with E-state index in [1.165, 1.54) is 0 Å². The topological polar surface area (TPSA) is 46.6 Å². The van der Waals surface area contributed by atoms with Crippen molar-refractivity contribution in [3.63, 3.8) is 0 Å². The van der Waals surface area contributed by atoms with Crippen molar-refractivity contribution >= 4 is 17.6 Å². The Hall–Kier alpha value is -1.84. The maximum atomic E-state index is 12.3. The molecule has 0 saturated heterocycles. The van der Waals surface area contributed by atoms with E-state index in [2.05, 4.69) is 0 Å². The van der Waals surface area contributed by atoms with Crippen molar-refractivity contribution < 1.29 is 14.3 Å². The fourth-order valence-corrected chi connectivity index (χ4v) is 2.37. The molecule has 0 aliphatic carbocycles. The summed E-state index contributed by atoms with van der Waals surface area (Å²) in [7, 11) is 0. The van der Waals surface area contributed by atoms with Gasteiger partial charge in [0.1, 0.15) is 5.60 Å². The third kappa shape index (κ3) is 3.43. The quantitative estimate of drug-likeness (QED) is 0.777. The number of hydrogen-bond donors (Lipinski definition) is 0. The molecule has 114 valence electrons. The third-order valence-electron chi connectivity index (χ3n) is 3.40. The first-order chi connectivity index (χ1) is 9.69. The number of ether oxygens (including phenoxy) is 1. The van der Waals surface area contributed by atoms with Crippen LogP contribution in [0.4, 0.5) is 10.5 Å². The van der Waals surface area contributed by atoms with Gasteiger partial charge in [-0.3, -0.25) is 9.69 Å². The molecule has 4 heteroatoms. The van der Waals surface area contributed by atoms with Crippen LogP contribution in [0.3, 0.4) is 0 Å². The number of ketones is 1. The van der Waals surface area contributed by atoms with Crippen LogP contribution in [0.15, 0.2) is 18.2 Å². The van der Waals surface area contributed by atoms with E-state index in [1.54, 1.807) is 4.90 Å². The molecule has 0 N–H and O–H groups in total. The molecule has 1 aromatic carbocycles. The molecule has 4 nitrogen and oxygen atoms in total. The molecular formula is C17H23NO3. The van der Waals surface area contributed by atoms with Crippen molar-refractivity contribution in [1.29, 1.82) is 0 Å². The summed E-state index contributed by atoms with van der Waals surface area (Å²) in [5, 5.41) is 0. The monoisotopic (exact) mass is 289 g/mol. The molecule has 0 fully saturated rings. The van der Waals surface area contributed by atoms with E-state index < -0.39 is 5.60 Å². The van der Waals surface area contributed by atoms with Crippen molar-refractivity contribution in [2.45, 2.75) is 46.6 Å². The van der Waals surface area contributed by atoms with Crippen LogP contribution < -0.4 is 4.90 Å². The highest BCUT2D eigenvalue weighted by Crippen LogP contribution is 2.31. The van der Waals surface area contributed by atoms with E-state index in [0.29, 0.717) is 12.1 Å². The van der Waals surface area contributed by atoms with Crippen molar-refractivity contribution in [1.82, 2.24) is 0 Å². The van der Waals surface area contributed by atoms with Crippen LogP contribution in [-0.2, 0) is 11.2 Å². The van der Waals surface area contributed by atoms with Gasteiger partial charge >= 0.3 is 6.09 Å². The van der Waals surface area contributed by atoms with Gasteiger partial charge in [-0.2, -0.15) is 0 Å². The number of benzene rings is 1. The Kier molecular flexibility index (Phi) is 4.08. The molecule has 1 heterocycles. The van der Waals surface area contributed by atoms with Crippen LogP contribution in [0, 0.1) is 5.92 Å². The molecular weight excluding hydrogens is 266 g/mol. The Balaban J connectivity index is 2.28. The lowest BCUT2D eigenvalue weighted by atomic mass is 9.99. The lowest BCUT2D eigenvalue weighted by Crippen LogP contribution is -2.35. The second-order valence-corrected chi connectivity index (χ2v) is 6.74. The largest absolute Gasteiger partial charge is 0.443 e. The Morgan fingerprint density at radius 3 is 2.48 bits per heavy atom. The smallest absolute Gasteiger partial charge is 0.414 e. The van der Waals surface area contributed by atoms with Crippen molar-refractivity contribution in [2.24, 2.45) is 5.92 Å². The average molecular weight is 289 g/mol. The van der Waals surface area contributed by atoms with Gasteiger partial charge in [-0.25, -0.2) is 4.79 Å². The molecule has 1 amide bonds. The number of fused-ring (bicyclic) bond motifs is 1. The van der Waals surface area contributed by atoms with Crippen molar-refractivity contribution in [2.75, 3.05) is 11.4 Å². The summed E-state index contributed by atoms with van der Waals surface area (Å²) >= 11 is 0. The summed E-state index contributed by atoms with van der Waals surface area (Å²) in [5.74, 6) is 0.0354. The first kappa shape index (κ1) is 15.5. The van der Waals surface area contributed by atoms with Crippen LogP contribution in [-0.4, -0.2) is 24.0 Å². The van der Waals surface area contributed by atoms with Gasteiger partial charge in [-0.15, -0.1) is 0 Å². The number of carbonyl (C=O) groups excluding carboxylic acids is 2. The van der Waals surface area contributed by atoms with Crippen molar-refractivity contribution in [3.8, 4) is 0 Å². The lowest BCUT2D eigenvalue weighted by molar-refractivity contribution is 0.0583. The third-order valence-corrected chi connectivity index (χ3v) is 3.40. The number of nitrogens with zero attached hydrogens (tertiary/aromatic N) is 1. The summed E-state index contributed by atoms with van der Waals surface area (Å²) in [6, 6.07) is 5.60. The Bertz CT molecular complexity index is 570. The molecule has 21 heavy (non-hydrogen) atoms. The molecule has 0 unspecified atom stereocenters. The van der Waals surface area contributed by atoms with Gasteiger partial charge in [-0.1, -0.05) is 26.0 Å². The molecule has 1 aromatic rings. The van der Waals surface area contributed by atoms with Crippen LogP contribution >= 0.6 is 0 Å². The first-order valence-corrected chi connectivity index (χ1v) is 7.36. The zero-order valence-electron chi connectivity index (χ0n) is 13.4. The van der Waals surface area contributed by atoms with Gasteiger partial charge in [-0.05, 0) is 38.8 Å². The first-order valence-electron chi connectivity index (χ1n) is 7.36. The second-order valence-electron chi connectivity index (χ2n) is 6.74. The highest BCUT2D eigenvalue weighted by Gasteiger charge is 2.29. The van der Waals surface area contributed by atoms with Crippen LogP contribution in [0.2, 0.25) is 0 Å². The van der Waals surface area contributed by atoms with Crippen LogP contribution in [0.5, 0.6) is 0 Å². The minimum atomic E-state index is -0.523. The predicted octanol–water partition coefficient (Wildman–Crippen LogP) is 3.82. The fourth-order valence-electron chi connectivity index (χ4n) is 2.37. The normalized spacial score (nSPS) is 14.3. The predicted molar refractivity (Wildman–Crippen MR) is 82.9 cm³/mol. The van der Waals surface area contributed by atoms with Gasteiger partial charge in [0.2, 0.25) is 0 Å². The Morgan fingerprint density at radius 2 is 1.90 bits per heavy atom. The number of Topliss-reactive ketones (excluding diaryl/α,β-unsaturated/α-hetero) is 1. The number of amides is 1. The minimum Gasteiger partial charge on any atom is -0.443 e. The molecule has 1 aliphatic rings. The Labute approximate surface area is 126 Å². The van der Waals surface area contributed by atoms with Gasteiger partial charge in [0, 0.05) is 18.0 Å². The fraction of sp³-hybridized carbons (Fsp3) is 0.529. The number of anilines is 1. The molecule has 0 bridgehead atoms. The molecule has 0 radical (unpaired) electrons. The van der Waals surface area contributed by atoms with Gasteiger partial charge in [0.25, 0.3) is 0 Å². The lowest BCUT2D eigenvalue weighted by Gasteiger charge is -2.25. The highest BCUT2D eigenvalue weighted by molar-refractivity contribution is 6.00. The molecule has 0 saturated carbocycles. The number of rotatable bonds is 2. The number of carbonyl (C=O) groups is 2. The summed E-state index contributed by atoms with van der Waals surface area (Å²) < 4.78 is 5.43. The molecule has 1 aliphatic heterocycles. The van der Waals surface area contributed by atoms with E-state index in [4.69, 9.17) is 4.74 Å². The maximum Gasteiger partial charge on any atom is 0.414 e. The standard InChI is InChI=1S/C17H23NO3/c1-11(2)15(19)13-7-6-12-8-9-18(14(12)10-13)16(20)21-17(3,4)5/h6-7,10-11H,8-9H2,1-5H3. The number of hydrogen-bond acceptors (Lipinski definition) is 3. The summed E-state index contributed by atoms with van der Waals surface area (Å²) in [5.41, 5.74) is 2.02. The SMILES string of the molecule is CC(C)C(=O)c1ccc2c(c1)N(C(=O)OC(C)(C)C)CC2. The average Bonchev–Trinajstić information content (AvgIpc) is 2.78. The minimum absolute atomic E-state index is 0.0561. The van der Waals surface area contributed by atoms with Gasteiger partial charge < -0.3 is 4.74 Å². The second kappa shape index (κ2) is 5.51. The zero-order valence-corrected chi connectivity index (χ0v) is 13.4. The summed E-state index contributed by atoms with van der Waals surface area (Å²) in [6.07, 6.45) is 0.445. The Morgan fingerprint density at radius 1 is 1.24 bits per heavy atom. The molecule has 2 rings (SSSR count). The summed E-state index contributed by atoms with van der Waals surface area (Å²) in [4.78, 5) is 26.0. The molecule has 0 atom stereocenters. The van der Waals surface area contributed by atoms with Crippen molar-refractivity contribution in [3.05, 3.63) is 29.3 Å². The van der Waals surface area contributed by atoms with E-state index in [9.17, 15) is 9.59 Å². The zero-order chi connectivity index (χ0) is 15.8. The van der Waals surface area contributed by atoms with E-state index >= 15 is 0 Å². The van der Waals surface area contributed by atoms with Crippen LogP contribution in [0.1, 0.15) is 50.5 Å². The van der Waals surface area contributed by atoms with Gasteiger partial charge in [0.15, 0.2) is 5.78 Å².